The quantitative estimate of drug-likeness (QED) is 0.798. The highest BCUT2D eigenvalue weighted by Crippen LogP contribution is 2.29. The topological polar surface area (TPSA) is 75.7 Å². The zero-order chi connectivity index (χ0) is 18.9. The highest BCUT2D eigenvalue weighted by molar-refractivity contribution is 9.10. The number of halogens is 1. The molecule has 0 saturated carbocycles. The fourth-order valence-corrected chi connectivity index (χ4v) is 3.76. The van der Waals surface area contributed by atoms with E-state index in [4.69, 9.17) is 4.74 Å². The summed E-state index contributed by atoms with van der Waals surface area (Å²) in [5.41, 5.74) is 1.66. The Balaban J connectivity index is 1.83. The molecular weight excluding hydrogens is 420 g/mol. The highest BCUT2D eigenvalue weighted by atomic mass is 79.9. The Kier molecular flexibility index (Phi) is 5.17. The van der Waals surface area contributed by atoms with Crippen LogP contribution in [0.4, 0.5) is 5.69 Å². The van der Waals surface area contributed by atoms with Gasteiger partial charge in [0.2, 0.25) is 10.0 Å². The largest absolute Gasteiger partial charge is 0.488 e. The second-order valence-corrected chi connectivity index (χ2v) is 8.98. The number of benzene rings is 2. The summed E-state index contributed by atoms with van der Waals surface area (Å²) in [6.07, 6.45) is 1.76. The molecular formula is C18H17BrN2O4S. The zero-order valence-corrected chi connectivity index (χ0v) is 16.6. The summed E-state index contributed by atoms with van der Waals surface area (Å²) in [5.74, 6) is 0.374. The Morgan fingerprint density at radius 2 is 1.96 bits per heavy atom. The number of nitrogens with zero attached hydrogens (tertiary/aromatic N) is 1. The van der Waals surface area contributed by atoms with E-state index in [9.17, 15) is 13.2 Å². The minimum absolute atomic E-state index is 0.114. The van der Waals surface area contributed by atoms with Crippen LogP contribution in [0.1, 0.15) is 5.56 Å². The first-order chi connectivity index (χ1) is 12.3. The highest BCUT2D eigenvalue weighted by Gasteiger charge is 2.20. The molecule has 26 heavy (non-hydrogen) atoms. The van der Waals surface area contributed by atoms with E-state index < -0.39 is 10.0 Å². The number of carbonyl (C=O) groups is 1. The Morgan fingerprint density at radius 3 is 2.69 bits per heavy atom. The average Bonchev–Trinajstić information content (AvgIpc) is 2.61. The number of hydrogen-bond donors (Lipinski definition) is 1. The molecule has 0 saturated heterocycles. The molecule has 8 heteroatoms. The molecule has 0 aromatic heterocycles. The number of amides is 1. The van der Waals surface area contributed by atoms with Crippen LogP contribution in [0.25, 0.3) is 6.08 Å². The van der Waals surface area contributed by atoms with Crippen LogP contribution in [-0.4, -0.2) is 39.3 Å². The first kappa shape index (κ1) is 18.6. The van der Waals surface area contributed by atoms with Gasteiger partial charge in [0.25, 0.3) is 5.91 Å². The molecule has 0 bridgehead atoms. The standard InChI is InChI=1S/C18H17BrN2O4S/c1-21(2)26(23,24)16-5-3-4-15(10-16)20-18(22)13-8-12-9-14(19)6-7-17(12)25-11-13/h3-10H,11H2,1-2H3,(H,20,22). The van der Waals surface area contributed by atoms with Gasteiger partial charge in [-0.15, -0.1) is 0 Å². The van der Waals surface area contributed by atoms with Gasteiger partial charge in [-0.2, -0.15) is 0 Å². The van der Waals surface area contributed by atoms with Gasteiger partial charge in [0.15, 0.2) is 0 Å². The van der Waals surface area contributed by atoms with E-state index in [0.29, 0.717) is 17.0 Å². The van der Waals surface area contributed by atoms with Crippen LogP contribution >= 0.6 is 15.9 Å². The Hall–Kier alpha value is -2.16. The molecule has 0 unspecified atom stereocenters. The summed E-state index contributed by atoms with van der Waals surface area (Å²) in [5, 5.41) is 2.73. The van der Waals surface area contributed by atoms with Gasteiger partial charge in [0, 0.05) is 29.8 Å². The first-order valence-electron chi connectivity index (χ1n) is 7.74. The summed E-state index contributed by atoms with van der Waals surface area (Å²) in [6, 6.07) is 11.7. The smallest absolute Gasteiger partial charge is 0.255 e. The molecule has 0 radical (unpaired) electrons. The number of sulfonamides is 1. The normalized spacial score (nSPS) is 13.6. The van der Waals surface area contributed by atoms with Crippen molar-refractivity contribution in [2.75, 3.05) is 26.0 Å². The van der Waals surface area contributed by atoms with Crippen molar-refractivity contribution in [3.8, 4) is 5.75 Å². The van der Waals surface area contributed by atoms with Crippen molar-refractivity contribution >= 4 is 43.6 Å². The molecule has 0 fully saturated rings. The lowest BCUT2D eigenvalue weighted by Crippen LogP contribution is -2.23. The summed E-state index contributed by atoms with van der Waals surface area (Å²) < 4.78 is 32.1. The zero-order valence-electron chi connectivity index (χ0n) is 14.2. The number of nitrogens with one attached hydrogen (secondary N) is 1. The Labute approximate surface area is 160 Å². The fraction of sp³-hybridized carbons (Fsp3) is 0.167. The third-order valence-corrected chi connectivity index (χ3v) is 6.15. The van der Waals surface area contributed by atoms with Gasteiger partial charge in [-0.1, -0.05) is 22.0 Å². The van der Waals surface area contributed by atoms with Crippen molar-refractivity contribution in [2.45, 2.75) is 4.90 Å². The van der Waals surface area contributed by atoms with Crippen molar-refractivity contribution in [2.24, 2.45) is 0 Å². The number of hydrogen-bond acceptors (Lipinski definition) is 4. The number of fused-ring (bicyclic) bond motifs is 1. The summed E-state index contributed by atoms with van der Waals surface area (Å²) in [4.78, 5) is 12.6. The van der Waals surface area contributed by atoms with Crippen molar-refractivity contribution in [3.05, 3.63) is 58.1 Å². The molecule has 2 aromatic rings. The van der Waals surface area contributed by atoms with E-state index >= 15 is 0 Å². The van der Waals surface area contributed by atoms with Gasteiger partial charge in [-0.3, -0.25) is 4.79 Å². The Bertz CT molecular complexity index is 1000. The van der Waals surface area contributed by atoms with Gasteiger partial charge in [0.1, 0.15) is 12.4 Å². The molecule has 0 spiro atoms. The first-order valence-corrected chi connectivity index (χ1v) is 9.97. The molecule has 136 valence electrons. The van der Waals surface area contributed by atoms with Crippen molar-refractivity contribution in [1.29, 1.82) is 0 Å². The van der Waals surface area contributed by atoms with Crippen LogP contribution in [0, 0.1) is 0 Å². The predicted octanol–water partition coefficient (Wildman–Crippen LogP) is 3.11. The van der Waals surface area contributed by atoms with E-state index in [1.165, 1.54) is 26.2 Å². The van der Waals surface area contributed by atoms with Crippen molar-refractivity contribution < 1.29 is 17.9 Å². The maximum Gasteiger partial charge on any atom is 0.255 e. The molecule has 3 rings (SSSR count). The maximum absolute atomic E-state index is 12.5. The summed E-state index contributed by atoms with van der Waals surface area (Å²) >= 11 is 3.39. The van der Waals surface area contributed by atoms with E-state index in [1.807, 2.05) is 18.2 Å². The minimum atomic E-state index is -3.57. The maximum atomic E-state index is 12.5. The lowest BCUT2D eigenvalue weighted by Gasteiger charge is -2.18. The predicted molar refractivity (Wildman–Crippen MR) is 104 cm³/mol. The van der Waals surface area contributed by atoms with Crippen LogP contribution in [0.5, 0.6) is 5.75 Å². The second kappa shape index (κ2) is 7.22. The van der Waals surface area contributed by atoms with E-state index in [2.05, 4.69) is 21.2 Å². The van der Waals surface area contributed by atoms with E-state index in [-0.39, 0.29) is 17.4 Å². The number of carbonyl (C=O) groups excluding carboxylic acids is 1. The third kappa shape index (κ3) is 3.82. The molecule has 1 N–H and O–H groups in total. The SMILES string of the molecule is CN(C)S(=O)(=O)c1cccc(NC(=O)C2=Cc3cc(Br)ccc3OC2)c1. The molecule has 1 amide bonds. The van der Waals surface area contributed by atoms with Gasteiger partial charge in [0.05, 0.1) is 10.5 Å². The van der Waals surface area contributed by atoms with E-state index in [1.54, 1.807) is 18.2 Å². The lowest BCUT2D eigenvalue weighted by molar-refractivity contribution is -0.113. The van der Waals surface area contributed by atoms with Crippen molar-refractivity contribution in [3.63, 3.8) is 0 Å². The van der Waals surface area contributed by atoms with Crippen LogP contribution in [0.15, 0.2) is 57.4 Å². The molecule has 2 aromatic carbocycles. The average molecular weight is 437 g/mol. The fourth-order valence-electron chi connectivity index (χ4n) is 2.44. The lowest BCUT2D eigenvalue weighted by atomic mass is 10.1. The van der Waals surface area contributed by atoms with Crippen LogP contribution in [0.2, 0.25) is 0 Å². The monoisotopic (exact) mass is 436 g/mol. The van der Waals surface area contributed by atoms with E-state index in [0.717, 1.165) is 14.3 Å². The van der Waals surface area contributed by atoms with Gasteiger partial charge in [-0.25, -0.2) is 12.7 Å². The third-order valence-electron chi connectivity index (χ3n) is 3.85. The van der Waals surface area contributed by atoms with Crippen molar-refractivity contribution in [1.82, 2.24) is 4.31 Å². The van der Waals surface area contributed by atoms with Crippen LogP contribution in [0.3, 0.4) is 0 Å². The summed E-state index contributed by atoms with van der Waals surface area (Å²) in [7, 11) is -0.650. The molecule has 0 aliphatic carbocycles. The number of anilines is 1. The Morgan fingerprint density at radius 1 is 1.19 bits per heavy atom. The van der Waals surface area contributed by atoms with Crippen LogP contribution < -0.4 is 10.1 Å². The second-order valence-electron chi connectivity index (χ2n) is 5.91. The molecule has 1 heterocycles. The van der Waals surface area contributed by atoms with Crippen LogP contribution in [-0.2, 0) is 14.8 Å². The molecule has 1 aliphatic rings. The molecule has 6 nitrogen and oxygen atoms in total. The minimum Gasteiger partial charge on any atom is -0.488 e. The number of rotatable bonds is 4. The summed E-state index contributed by atoms with van der Waals surface area (Å²) in [6.45, 7) is 0.149. The van der Waals surface area contributed by atoms with Gasteiger partial charge < -0.3 is 10.1 Å². The molecule has 1 aliphatic heterocycles. The number of ether oxygens (including phenoxy) is 1. The molecule has 0 atom stereocenters. The van der Waals surface area contributed by atoms with Gasteiger partial charge in [-0.05, 0) is 42.5 Å². The van der Waals surface area contributed by atoms with Gasteiger partial charge >= 0.3 is 0 Å².